The van der Waals surface area contributed by atoms with E-state index in [-0.39, 0.29) is 35.7 Å². The van der Waals surface area contributed by atoms with Crippen molar-refractivity contribution in [2.24, 2.45) is 0 Å². The fraction of sp³-hybridized carbons (Fsp3) is 0.333. The normalized spacial score (nSPS) is 19.1. The van der Waals surface area contributed by atoms with Crippen LogP contribution in [0.4, 0.5) is 0 Å². The van der Waals surface area contributed by atoms with E-state index in [9.17, 15) is 10.2 Å². The first-order valence-corrected chi connectivity index (χ1v) is 19.5. The minimum atomic E-state index is -0.112. The minimum absolute atomic E-state index is 0.112. The van der Waals surface area contributed by atoms with Crippen molar-refractivity contribution >= 4 is 21.5 Å². The van der Waals surface area contributed by atoms with Crippen molar-refractivity contribution in [3.05, 3.63) is 94.0 Å². The maximum Gasteiger partial charge on any atom is 0.130 e. The van der Waals surface area contributed by atoms with Gasteiger partial charge in [0.2, 0.25) is 0 Å². The fourth-order valence-corrected chi connectivity index (χ4v) is 9.92. The smallest absolute Gasteiger partial charge is 0.130 e. The Morgan fingerprint density at radius 3 is 1.25 bits per heavy atom. The Balaban J connectivity index is 1.52. The Hall–Kier alpha value is -5.44. The van der Waals surface area contributed by atoms with Crippen LogP contribution in [0.25, 0.3) is 54.9 Å². The third-order valence-electron chi connectivity index (χ3n) is 12.1. The zero-order valence-corrected chi connectivity index (χ0v) is 34.0. The third-order valence-corrected chi connectivity index (χ3v) is 12.1. The summed E-state index contributed by atoms with van der Waals surface area (Å²) in [4.78, 5) is 0. The summed E-state index contributed by atoms with van der Waals surface area (Å²) in [7, 11) is 6.69. The molecule has 2 aliphatic heterocycles. The first kappa shape index (κ1) is 37.5. The second-order valence-electron chi connectivity index (χ2n) is 15.7. The summed E-state index contributed by atoms with van der Waals surface area (Å²) in [5.74, 6) is 3.38. The summed E-state index contributed by atoms with van der Waals surface area (Å²) >= 11 is 0. The molecular formula is C48H52N2O6. The minimum Gasteiger partial charge on any atom is -0.507 e. The predicted molar refractivity (Wildman–Crippen MR) is 226 cm³/mol. The standard InChI is InChI=1S/C48H52N2O6/c1-23-17-39(55-9)45-29(13-11-15-37(45)53-7)41(23)35-21-31(33-19-25(3)49-27(5)43(33)47(35)51)32-22-36(48(52)44-28(6)50-26(4)20-34(32)44)42-24(2)18-40(56-10)46-30(42)14-12-16-38(46)54-8/h11-18,21-22,25-28,49-52H,19-20H2,1-10H3/t25-,26-,27-,28-/m1/s1. The first-order chi connectivity index (χ1) is 26.9. The molecule has 56 heavy (non-hydrogen) atoms. The summed E-state index contributed by atoms with van der Waals surface area (Å²) in [5, 5.41) is 36.1. The van der Waals surface area contributed by atoms with Gasteiger partial charge in [-0.05, 0) is 146 Å². The predicted octanol–water partition coefficient (Wildman–Crippen LogP) is 10.2. The van der Waals surface area contributed by atoms with E-state index in [2.05, 4.69) is 76.4 Å². The molecule has 0 aromatic heterocycles. The lowest BCUT2D eigenvalue weighted by Crippen LogP contribution is -2.37. The van der Waals surface area contributed by atoms with Crippen molar-refractivity contribution in [3.63, 3.8) is 0 Å². The van der Waals surface area contributed by atoms with Crippen LogP contribution >= 0.6 is 0 Å². The molecule has 0 radical (unpaired) electrons. The number of methoxy groups -OCH3 is 4. The number of benzene rings is 6. The molecule has 0 bridgehead atoms. The van der Waals surface area contributed by atoms with Gasteiger partial charge in [-0.25, -0.2) is 0 Å². The molecule has 2 aliphatic rings. The number of aromatic hydroxyl groups is 2. The van der Waals surface area contributed by atoms with E-state index in [0.717, 1.165) is 101 Å². The van der Waals surface area contributed by atoms with Gasteiger partial charge in [0.1, 0.15) is 34.5 Å². The molecule has 0 saturated heterocycles. The molecule has 8 nitrogen and oxygen atoms in total. The SMILES string of the molecule is COc1cccc2c(-c3cc(-c4cc(-c5c(C)cc(OC)c6c(OC)cccc56)c(O)c5c4C[C@@H](C)N[C@@H]5C)c4c(c3O)[C@@H](C)N[C@H](C)C4)c(C)cc(OC)c12. The summed E-state index contributed by atoms with van der Waals surface area (Å²) in [6.45, 7) is 12.8. The van der Waals surface area contributed by atoms with E-state index >= 15 is 0 Å². The molecule has 0 spiro atoms. The van der Waals surface area contributed by atoms with Crippen LogP contribution in [0.2, 0.25) is 0 Å². The van der Waals surface area contributed by atoms with Crippen LogP contribution in [0.15, 0.2) is 60.7 Å². The first-order valence-electron chi connectivity index (χ1n) is 19.5. The van der Waals surface area contributed by atoms with Gasteiger partial charge in [0.25, 0.3) is 0 Å². The number of hydrogen-bond acceptors (Lipinski definition) is 8. The molecular weight excluding hydrogens is 701 g/mol. The van der Waals surface area contributed by atoms with Crippen molar-refractivity contribution in [3.8, 4) is 67.9 Å². The molecule has 8 rings (SSSR count). The quantitative estimate of drug-likeness (QED) is 0.128. The number of aryl methyl sites for hydroxylation is 2. The zero-order valence-electron chi connectivity index (χ0n) is 34.0. The summed E-state index contributed by atoms with van der Waals surface area (Å²) in [5.41, 5.74) is 11.4. The molecule has 4 N–H and O–H groups in total. The summed E-state index contributed by atoms with van der Waals surface area (Å²) < 4.78 is 23.5. The van der Waals surface area contributed by atoms with Gasteiger partial charge < -0.3 is 39.8 Å². The van der Waals surface area contributed by atoms with Crippen molar-refractivity contribution in [1.82, 2.24) is 10.6 Å². The molecule has 4 atom stereocenters. The third kappa shape index (κ3) is 5.72. The van der Waals surface area contributed by atoms with Crippen LogP contribution in [0, 0.1) is 13.8 Å². The van der Waals surface area contributed by atoms with Gasteiger partial charge in [-0.1, -0.05) is 24.3 Å². The average Bonchev–Trinajstić information content (AvgIpc) is 3.17. The number of phenolic OH excluding ortho intramolecular Hbond substituents is 2. The molecule has 0 saturated carbocycles. The van der Waals surface area contributed by atoms with Crippen molar-refractivity contribution in [2.45, 2.75) is 78.6 Å². The summed E-state index contributed by atoms with van der Waals surface area (Å²) in [6, 6.07) is 20.6. The highest BCUT2D eigenvalue weighted by Gasteiger charge is 2.35. The second kappa shape index (κ2) is 14.3. The second-order valence-corrected chi connectivity index (χ2v) is 15.7. The molecule has 0 amide bonds. The van der Waals surface area contributed by atoms with Crippen LogP contribution in [0.3, 0.4) is 0 Å². The molecule has 2 heterocycles. The maximum absolute atomic E-state index is 12.5. The number of ether oxygens (including phenoxy) is 4. The maximum atomic E-state index is 12.5. The van der Waals surface area contributed by atoms with E-state index in [4.69, 9.17) is 18.9 Å². The molecule has 0 aliphatic carbocycles. The molecule has 0 fully saturated rings. The lowest BCUT2D eigenvalue weighted by molar-refractivity contribution is 0.404. The average molecular weight is 753 g/mol. The Labute approximate surface area is 329 Å². The molecule has 6 aromatic rings. The van der Waals surface area contributed by atoms with Gasteiger partial charge in [-0.2, -0.15) is 0 Å². The number of hydrogen-bond donors (Lipinski definition) is 4. The lowest BCUT2D eigenvalue weighted by atomic mass is 9.76. The van der Waals surface area contributed by atoms with Crippen molar-refractivity contribution in [1.29, 1.82) is 0 Å². The lowest BCUT2D eigenvalue weighted by Gasteiger charge is -2.36. The van der Waals surface area contributed by atoms with Crippen LogP contribution in [0.5, 0.6) is 34.5 Å². The fourth-order valence-electron chi connectivity index (χ4n) is 9.92. The number of fused-ring (bicyclic) bond motifs is 4. The Bertz CT molecular complexity index is 2380. The monoisotopic (exact) mass is 752 g/mol. The highest BCUT2D eigenvalue weighted by Crippen LogP contribution is 2.54. The van der Waals surface area contributed by atoms with Crippen LogP contribution < -0.4 is 29.6 Å². The van der Waals surface area contributed by atoms with Gasteiger partial charge in [-0.3, -0.25) is 0 Å². The summed E-state index contributed by atoms with van der Waals surface area (Å²) in [6.07, 6.45) is 1.46. The molecule has 6 aromatic carbocycles. The highest BCUT2D eigenvalue weighted by atomic mass is 16.5. The van der Waals surface area contributed by atoms with Crippen LogP contribution in [0.1, 0.15) is 73.2 Å². The van der Waals surface area contributed by atoms with Crippen molar-refractivity contribution in [2.75, 3.05) is 28.4 Å². The van der Waals surface area contributed by atoms with Gasteiger partial charge in [-0.15, -0.1) is 0 Å². The van der Waals surface area contributed by atoms with Crippen LogP contribution in [-0.2, 0) is 12.8 Å². The Kier molecular flexibility index (Phi) is 9.54. The molecule has 8 heteroatoms. The van der Waals surface area contributed by atoms with Gasteiger partial charge in [0.05, 0.1) is 39.2 Å². The van der Waals surface area contributed by atoms with E-state index in [1.54, 1.807) is 28.4 Å². The van der Waals surface area contributed by atoms with E-state index in [0.29, 0.717) is 23.0 Å². The van der Waals surface area contributed by atoms with Gasteiger partial charge in [0, 0.05) is 46.4 Å². The number of phenols is 2. The molecule has 290 valence electrons. The van der Waals surface area contributed by atoms with Crippen molar-refractivity contribution < 1.29 is 29.2 Å². The number of rotatable bonds is 7. The van der Waals surface area contributed by atoms with Gasteiger partial charge in [0.15, 0.2) is 0 Å². The Morgan fingerprint density at radius 2 is 0.893 bits per heavy atom. The topological polar surface area (TPSA) is 101 Å². The van der Waals surface area contributed by atoms with E-state index in [1.165, 1.54) is 0 Å². The Morgan fingerprint density at radius 1 is 0.518 bits per heavy atom. The number of nitrogens with one attached hydrogen (secondary N) is 2. The van der Waals surface area contributed by atoms with E-state index < -0.39 is 0 Å². The highest BCUT2D eigenvalue weighted by molar-refractivity contribution is 6.08. The zero-order chi connectivity index (χ0) is 39.7. The van der Waals surface area contributed by atoms with Gasteiger partial charge >= 0.3 is 0 Å². The van der Waals surface area contributed by atoms with Crippen LogP contribution in [-0.4, -0.2) is 50.7 Å². The largest absolute Gasteiger partial charge is 0.507 e. The molecule has 0 unspecified atom stereocenters. The van der Waals surface area contributed by atoms with E-state index in [1.807, 2.05) is 36.4 Å².